The number of carboxylic acid groups (broad SMARTS) is 1. The van der Waals surface area contributed by atoms with Crippen LogP contribution in [0.25, 0.3) is 0 Å². The molecule has 1 saturated heterocycles. The van der Waals surface area contributed by atoms with Crippen LogP contribution < -0.4 is 5.32 Å². The molecular weight excluding hydrogens is 184 g/mol. The zero-order chi connectivity index (χ0) is 10.4. The number of rotatable bonds is 4. The van der Waals surface area contributed by atoms with Gasteiger partial charge in [0.25, 0.3) is 0 Å². The van der Waals surface area contributed by atoms with Gasteiger partial charge >= 0.3 is 6.09 Å². The molecule has 0 aromatic carbocycles. The summed E-state index contributed by atoms with van der Waals surface area (Å²) in [6, 6.07) is 0. The summed E-state index contributed by atoms with van der Waals surface area (Å²) in [6.45, 7) is 2.72. The molecule has 0 aromatic rings. The van der Waals surface area contributed by atoms with Gasteiger partial charge in [0.05, 0.1) is 6.10 Å². The zero-order valence-corrected chi connectivity index (χ0v) is 8.28. The second-order valence-electron chi connectivity index (χ2n) is 3.70. The molecule has 1 fully saturated rings. The molecule has 5 heteroatoms. The molecule has 1 aliphatic heterocycles. The van der Waals surface area contributed by atoms with Crippen molar-refractivity contribution in [3.05, 3.63) is 0 Å². The number of likely N-dealkylation sites (tertiary alicyclic amines) is 1. The standard InChI is InChI=1S/C9H18N2O3/c12-8(6-10-9(13)14)7-11-4-2-1-3-5-11/h8,10,12H,1-7H2,(H,13,14). The van der Waals surface area contributed by atoms with Crippen LogP contribution in [0.5, 0.6) is 0 Å². The van der Waals surface area contributed by atoms with Gasteiger partial charge in [0.15, 0.2) is 0 Å². The van der Waals surface area contributed by atoms with E-state index in [-0.39, 0.29) is 6.54 Å². The Bertz CT molecular complexity index is 181. The molecule has 14 heavy (non-hydrogen) atoms. The maximum absolute atomic E-state index is 10.2. The van der Waals surface area contributed by atoms with E-state index in [1.54, 1.807) is 0 Å². The molecule has 82 valence electrons. The Morgan fingerprint density at radius 2 is 2.00 bits per heavy atom. The number of hydrogen-bond acceptors (Lipinski definition) is 3. The van der Waals surface area contributed by atoms with Gasteiger partial charge in [-0.3, -0.25) is 0 Å². The molecule has 0 bridgehead atoms. The van der Waals surface area contributed by atoms with E-state index in [4.69, 9.17) is 5.11 Å². The predicted octanol–water partition coefficient (Wildman–Crippen LogP) is 0.101. The van der Waals surface area contributed by atoms with Crippen LogP contribution >= 0.6 is 0 Å². The van der Waals surface area contributed by atoms with Crippen molar-refractivity contribution in [2.75, 3.05) is 26.2 Å². The first-order chi connectivity index (χ1) is 6.68. The highest BCUT2D eigenvalue weighted by Crippen LogP contribution is 2.08. The summed E-state index contributed by atoms with van der Waals surface area (Å²) in [6.07, 6.45) is 1.95. The molecule has 5 nitrogen and oxygen atoms in total. The number of hydrogen-bond donors (Lipinski definition) is 3. The van der Waals surface area contributed by atoms with Crippen LogP contribution in [-0.2, 0) is 0 Å². The number of nitrogens with zero attached hydrogens (tertiary/aromatic N) is 1. The summed E-state index contributed by atoms with van der Waals surface area (Å²) in [7, 11) is 0. The summed E-state index contributed by atoms with van der Waals surface area (Å²) in [5.41, 5.74) is 0. The minimum Gasteiger partial charge on any atom is -0.465 e. The summed E-state index contributed by atoms with van der Waals surface area (Å²) in [5, 5.41) is 20.0. The minimum absolute atomic E-state index is 0.117. The third-order valence-electron chi connectivity index (χ3n) is 2.41. The predicted molar refractivity (Wildman–Crippen MR) is 52.3 cm³/mol. The lowest BCUT2D eigenvalue weighted by atomic mass is 10.1. The number of β-amino-alcohol motifs (C(OH)–C–C–N with tert-alkyl or cyclic N) is 1. The van der Waals surface area contributed by atoms with Gasteiger partial charge in [0.1, 0.15) is 0 Å². The molecule has 0 aliphatic carbocycles. The lowest BCUT2D eigenvalue weighted by Gasteiger charge is -2.28. The smallest absolute Gasteiger partial charge is 0.404 e. The monoisotopic (exact) mass is 202 g/mol. The van der Waals surface area contributed by atoms with Crippen LogP contribution in [0.1, 0.15) is 19.3 Å². The van der Waals surface area contributed by atoms with E-state index in [2.05, 4.69) is 10.2 Å². The molecule has 0 spiro atoms. The van der Waals surface area contributed by atoms with Crippen LogP contribution in [-0.4, -0.2) is 53.5 Å². The lowest BCUT2D eigenvalue weighted by Crippen LogP contribution is -2.41. The number of piperidine rings is 1. The topological polar surface area (TPSA) is 72.8 Å². The zero-order valence-electron chi connectivity index (χ0n) is 8.28. The Morgan fingerprint density at radius 3 is 2.57 bits per heavy atom. The van der Waals surface area contributed by atoms with Crippen LogP contribution in [0.3, 0.4) is 0 Å². The van der Waals surface area contributed by atoms with E-state index in [1.807, 2.05) is 0 Å². The first-order valence-corrected chi connectivity index (χ1v) is 5.05. The highest BCUT2D eigenvalue weighted by atomic mass is 16.4. The van der Waals surface area contributed by atoms with E-state index in [0.717, 1.165) is 13.1 Å². The SMILES string of the molecule is O=C(O)NCC(O)CN1CCCCC1. The van der Waals surface area contributed by atoms with Crippen molar-refractivity contribution in [2.24, 2.45) is 0 Å². The third kappa shape index (κ3) is 4.43. The number of nitrogens with one attached hydrogen (secondary N) is 1. The summed E-state index contributed by atoms with van der Waals surface area (Å²) in [4.78, 5) is 12.3. The molecule has 0 saturated carbocycles. The Morgan fingerprint density at radius 1 is 1.36 bits per heavy atom. The third-order valence-corrected chi connectivity index (χ3v) is 2.41. The number of carbonyl (C=O) groups is 1. The number of aliphatic hydroxyl groups is 1. The molecular formula is C9H18N2O3. The Balaban J connectivity index is 2.11. The summed E-state index contributed by atoms with van der Waals surface area (Å²) in [5.74, 6) is 0. The van der Waals surface area contributed by atoms with Gasteiger partial charge in [-0.05, 0) is 25.9 Å². The molecule has 1 heterocycles. The highest BCUT2D eigenvalue weighted by molar-refractivity contribution is 5.64. The Kier molecular flexibility index (Phi) is 4.69. The fourth-order valence-corrected chi connectivity index (χ4v) is 1.71. The summed E-state index contributed by atoms with van der Waals surface area (Å²) >= 11 is 0. The van der Waals surface area contributed by atoms with Gasteiger partial charge in [0, 0.05) is 13.1 Å². The van der Waals surface area contributed by atoms with Crippen molar-refractivity contribution >= 4 is 6.09 Å². The Hall–Kier alpha value is -0.810. The van der Waals surface area contributed by atoms with E-state index >= 15 is 0 Å². The van der Waals surface area contributed by atoms with Crippen molar-refractivity contribution < 1.29 is 15.0 Å². The molecule has 1 rings (SSSR count). The van der Waals surface area contributed by atoms with Gasteiger partial charge < -0.3 is 20.4 Å². The van der Waals surface area contributed by atoms with E-state index in [0.29, 0.717) is 6.54 Å². The van der Waals surface area contributed by atoms with E-state index in [9.17, 15) is 9.90 Å². The summed E-state index contributed by atoms with van der Waals surface area (Å²) < 4.78 is 0. The van der Waals surface area contributed by atoms with Gasteiger partial charge in [0.2, 0.25) is 0 Å². The van der Waals surface area contributed by atoms with Gasteiger partial charge in [-0.1, -0.05) is 6.42 Å². The van der Waals surface area contributed by atoms with Gasteiger partial charge in [-0.25, -0.2) is 4.79 Å². The van der Waals surface area contributed by atoms with Crippen LogP contribution in [0.15, 0.2) is 0 Å². The largest absolute Gasteiger partial charge is 0.465 e. The maximum Gasteiger partial charge on any atom is 0.404 e. The van der Waals surface area contributed by atoms with Gasteiger partial charge in [-0.15, -0.1) is 0 Å². The second-order valence-corrected chi connectivity index (χ2v) is 3.70. The molecule has 1 atom stereocenters. The fourth-order valence-electron chi connectivity index (χ4n) is 1.71. The Labute approximate surface area is 83.7 Å². The average molecular weight is 202 g/mol. The van der Waals surface area contributed by atoms with E-state index in [1.165, 1.54) is 19.3 Å². The number of aliphatic hydroxyl groups excluding tert-OH is 1. The molecule has 1 amide bonds. The molecule has 1 unspecified atom stereocenters. The average Bonchev–Trinajstić information content (AvgIpc) is 2.16. The van der Waals surface area contributed by atoms with Crippen molar-refractivity contribution in [3.8, 4) is 0 Å². The molecule has 0 radical (unpaired) electrons. The lowest BCUT2D eigenvalue weighted by molar-refractivity contribution is 0.0986. The number of amides is 1. The maximum atomic E-state index is 10.2. The van der Waals surface area contributed by atoms with Gasteiger partial charge in [-0.2, -0.15) is 0 Å². The van der Waals surface area contributed by atoms with Crippen molar-refractivity contribution in [1.29, 1.82) is 0 Å². The molecule has 1 aliphatic rings. The quantitative estimate of drug-likeness (QED) is 0.604. The minimum atomic E-state index is -1.08. The second kappa shape index (κ2) is 5.82. The van der Waals surface area contributed by atoms with Crippen LogP contribution in [0.4, 0.5) is 4.79 Å². The van der Waals surface area contributed by atoms with Crippen molar-refractivity contribution in [2.45, 2.75) is 25.4 Å². The molecule has 3 N–H and O–H groups in total. The first-order valence-electron chi connectivity index (χ1n) is 5.05. The van der Waals surface area contributed by atoms with Crippen molar-refractivity contribution in [1.82, 2.24) is 10.2 Å². The molecule has 0 aromatic heterocycles. The fraction of sp³-hybridized carbons (Fsp3) is 0.889. The van der Waals surface area contributed by atoms with Crippen molar-refractivity contribution in [3.63, 3.8) is 0 Å². The van der Waals surface area contributed by atoms with Crippen LogP contribution in [0.2, 0.25) is 0 Å². The first kappa shape index (κ1) is 11.3. The van der Waals surface area contributed by atoms with Crippen LogP contribution in [0, 0.1) is 0 Å². The normalized spacial score (nSPS) is 20.4. The van der Waals surface area contributed by atoms with E-state index < -0.39 is 12.2 Å². The highest BCUT2D eigenvalue weighted by Gasteiger charge is 2.14.